The topological polar surface area (TPSA) is 32.3 Å². The van der Waals surface area contributed by atoms with Crippen LogP contribution in [0.5, 0.6) is 0 Å². The summed E-state index contributed by atoms with van der Waals surface area (Å²) in [5.74, 6) is 0. The quantitative estimate of drug-likeness (QED) is 0.737. The van der Waals surface area contributed by atoms with Crippen LogP contribution in [0.4, 0.5) is 0 Å². The second kappa shape index (κ2) is 5.00. The lowest BCUT2D eigenvalue weighted by Crippen LogP contribution is -2.30. The fourth-order valence-corrected chi connectivity index (χ4v) is 1.34. The van der Waals surface area contributed by atoms with Gasteiger partial charge in [-0.2, -0.15) is 0 Å². The zero-order chi connectivity index (χ0) is 9.68. The number of aliphatic hydroxyl groups excluding tert-OH is 1. The van der Waals surface area contributed by atoms with Gasteiger partial charge in [-0.1, -0.05) is 44.2 Å². The molecule has 1 rings (SSSR count). The van der Waals surface area contributed by atoms with Crippen molar-refractivity contribution in [3.05, 3.63) is 35.9 Å². The minimum atomic E-state index is 0.0567. The molecule has 2 nitrogen and oxygen atoms in total. The van der Waals surface area contributed by atoms with Crippen LogP contribution in [0.25, 0.3) is 0 Å². The fourth-order valence-electron chi connectivity index (χ4n) is 1.34. The Labute approximate surface area is 79.6 Å². The average Bonchev–Trinajstić information content (AvgIpc) is 2.15. The van der Waals surface area contributed by atoms with Crippen LogP contribution in [-0.2, 0) is 0 Å². The lowest BCUT2D eigenvalue weighted by molar-refractivity contribution is 0.237. The van der Waals surface area contributed by atoms with Gasteiger partial charge >= 0.3 is 0 Å². The number of hydrogen-bond acceptors (Lipinski definition) is 2. The molecule has 0 heterocycles. The van der Waals surface area contributed by atoms with Crippen molar-refractivity contribution in [2.24, 2.45) is 0 Å². The predicted molar refractivity (Wildman–Crippen MR) is 54.5 cm³/mol. The van der Waals surface area contributed by atoms with Crippen molar-refractivity contribution in [2.75, 3.05) is 6.61 Å². The molecule has 0 saturated heterocycles. The van der Waals surface area contributed by atoms with E-state index >= 15 is 0 Å². The van der Waals surface area contributed by atoms with Crippen LogP contribution < -0.4 is 5.32 Å². The third-order valence-corrected chi connectivity index (χ3v) is 1.92. The van der Waals surface area contributed by atoms with Gasteiger partial charge in [0.1, 0.15) is 0 Å². The summed E-state index contributed by atoms with van der Waals surface area (Å²) < 4.78 is 0. The lowest BCUT2D eigenvalue weighted by atomic mass is 10.1. The Morgan fingerprint density at radius 1 is 1.23 bits per heavy atom. The SMILES string of the molecule is CC(C)N[C@@H](CO)c1ccccc1. The first-order chi connectivity index (χ1) is 6.24. The summed E-state index contributed by atoms with van der Waals surface area (Å²) in [4.78, 5) is 0. The second-order valence-corrected chi connectivity index (χ2v) is 3.47. The molecule has 1 aromatic rings. The summed E-state index contributed by atoms with van der Waals surface area (Å²) in [5.41, 5.74) is 1.14. The highest BCUT2D eigenvalue weighted by molar-refractivity contribution is 5.18. The Hall–Kier alpha value is -0.860. The highest BCUT2D eigenvalue weighted by atomic mass is 16.3. The highest BCUT2D eigenvalue weighted by Crippen LogP contribution is 2.11. The number of aliphatic hydroxyl groups is 1. The molecule has 0 bridgehead atoms. The largest absolute Gasteiger partial charge is 0.394 e. The van der Waals surface area contributed by atoms with Crippen molar-refractivity contribution < 1.29 is 5.11 Å². The number of benzene rings is 1. The van der Waals surface area contributed by atoms with E-state index in [-0.39, 0.29) is 12.6 Å². The van der Waals surface area contributed by atoms with E-state index in [0.29, 0.717) is 6.04 Å². The van der Waals surface area contributed by atoms with Crippen molar-refractivity contribution in [1.29, 1.82) is 0 Å². The van der Waals surface area contributed by atoms with Gasteiger partial charge in [-0.15, -0.1) is 0 Å². The maximum absolute atomic E-state index is 9.17. The van der Waals surface area contributed by atoms with E-state index in [2.05, 4.69) is 19.2 Å². The minimum absolute atomic E-state index is 0.0567. The molecule has 0 unspecified atom stereocenters. The van der Waals surface area contributed by atoms with Crippen LogP contribution in [-0.4, -0.2) is 17.8 Å². The molecule has 72 valence electrons. The first-order valence-corrected chi connectivity index (χ1v) is 4.66. The van der Waals surface area contributed by atoms with Crippen LogP contribution in [0.3, 0.4) is 0 Å². The van der Waals surface area contributed by atoms with E-state index in [0.717, 1.165) is 5.56 Å². The zero-order valence-corrected chi connectivity index (χ0v) is 8.20. The maximum atomic E-state index is 9.17. The summed E-state index contributed by atoms with van der Waals surface area (Å²) in [6.45, 7) is 4.29. The van der Waals surface area contributed by atoms with E-state index in [1.807, 2.05) is 30.3 Å². The molecule has 1 atom stereocenters. The molecular formula is C11H17NO. The molecule has 0 spiro atoms. The Morgan fingerprint density at radius 3 is 2.31 bits per heavy atom. The number of hydrogen-bond donors (Lipinski definition) is 2. The van der Waals surface area contributed by atoms with Crippen molar-refractivity contribution in [3.8, 4) is 0 Å². The molecule has 2 N–H and O–H groups in total. The third-order valence-electron chi connectivity index (χ3n) is 1.92. The van der Waals surface area contributed by atoms with Gasteiger partial charge in [-0.05, 0) is 5.56 Å². The number of nitrogens with one attached hydrogen (secondary N) is 1. The number of rotatable bonds is 4. The first kappa shape index (κ1) is 10.2. The summed E-state index contributed by atoms with van der Waals surface area (Å²) in [5, 5.41) is 12.5. The molecule has 0 aliphatic carbocycles. The van der Waals surface area contributed by atoms with Gasteiger partial charge in [0, 0.05) is 6.04 Å². The van der Waals surface area contributed by atoms with E-state index in [9.17, 15) is 0 Å². The van der Waals surface area contributed by atoms with Gasteiger partial charge in [0.15, 0.2) is 0 Å². The van der Waals surface area contributed by atoms with E-state index in [1.54, 1.807) is 0 Å². The van der Waals surface area contributed by atoms with Gasteiger partial charge in [-0.3, -0.25) is 0 Å². The Morgan fingerprint density at radius 2 is 1.85 bits per heavy atom. The Kier molecular flexibility index (Phi) is 3.93. The van der Waals surface area contributed by atoms with Crippen molar-refractivity contribution >= 4 is 0 Å². The molecule has 0 aliphatic rings. The van der Waals surface area contributed by atoms with Crippen LogP contribution in [0.2, 0.25) is 0 Å². The average molecular weight is 179 g/mol. The molecular weight excluding hydrogens is 162 g/mol. The molecule has 0 saturated carbocycles. The van der Waals surface area contributed by atoms with Gasteiger partial charge in [-0.25, -0.2) is 0 Å². The summed E-state index contributed by atoms with van der Waals surface area (Å²) >= 11 is 0. The summed E-state index contributed by atoms with van der Waals surface area (Å²) in [6, 6.07) is 10.4. The smallest absolute Gasteiger partial charge is 0.0626 e. The Bertz CT molecular complexity index is 233. The van der Waals surface area contributed by atoms with Crippen LogP contribution in [0, 0.1) is 0 Å². The molecule has 0 fully saturated rings. The monoisotopic (exact) mass is 179 g/mol. The maximum Gasteiger partial charge on any atom is 0.0626 e. The van der Waals surface area contributed by atoms with Gasteiger partial charge in [0.25, 0.3) is 0 Å². The van der Waals surface area contributed by atoms with Gasteiger partial charge in [0.2, 0.25) is 0 Å². The summed E-state index contributed by atoms with van der Waals surface area (Å²) in [7, 11) is 0. The van der Waals surface area contributed by atoms with Crippen LogP contribution in [0.1, 0.15) is 25.5 Å². The molecule has 13 heavy (non-hydrogen) atoms. The summed E-state index contributed by atoms with van der Waals surface area (Å²) in [6.07, 6.45) is 0. The predicted octanol–water partition coefficient (Wildman–Crippen LogP) is 1.72. The Balaban J connectivity index is 2.67. The van der Waals surface area contributed by atoms with Crippen LogP contribution in [0.15, 0.2) is 30.3 Å². The van der Waals surface area contributed by atoms with E-state index in [4.69, 9.17) is 5.11 Å². The standard InChI is InChI=1S/C11H17NO/c1-9(2)12-11(8-13)10-6-4-3-5-7-10/h3-7,9,11-13H,8H2,1-2H3/t11-/m0/s1. The fraction of sp³-hybridized carbons (Fsp3) is 0.455. The molecule has 0 aliphatic heterocycles. The van der Waals surface area contributed by atoms with Crippen molar-refractivity contribution in [3.63, 3.8) is 0 Å². The molecule has 0 radical (unpaired) electrons. The highest BCUT2D eigenvalue weighted by Gasteiger charge is 2.09. The molecule has 0 aromatic heterocycles. The second-order valence-electron chi connectivity index (χ2n) is 3.47. The minimum Gasteiger partial charge on any atom is -0.394 e. The van der Waals surface area contributed by atoms with Crippen molar-refractivity contribution in [1.82, 2.24) is 5.32 Å². The molecule has 2 heteroatoms. The third kappa shape index (κ3) is 3.17. The zero-order valence-electron chi connectivity index (χ0n) is 8.20. The van der Waals surface area contributed by atoms with Gasteiger partial charge < -0.3 is 10.4 Å². The molecule has 0 amide bonds. The van der Waals surface area contributed by atoms with E-state index in [1.165, 1.54) is 0 Å². The van der Waals surface area contributed by atoms with Crippen LogP contribution >= 0.6 is 0 Å². The van der Waals surface area contributed by atoms with Gasteiger partial charge in [0.05, 0.1) is 12.6 Å². The lowest BCUT2D eigenvalue weighted by Gasteiger charge is -2.19. The first-order valence-electron chi connectivity index (χ1n) is 4.66. The van der Waals surface area contributed by atoms with Crippen molar-refractivity contribution in [2.45, 2.75) is 25.9 Å². The normalized spacial score (nSPS) is 13.2. The molecule has 1 aromatic carbocycles. The van der Waals surface area contributed by atoms with E-state index < -0.39 is 0 Å².